The molecular weight excluding hydrogens is 433 g/mol. The molecule has 0 spiro atoms. The van der Waals surface area contributed by atoms with Crippen LogP contribution in [0.15, 0.2) is 59.1 Å². The highest BCUT2D eigenvalue weighted by Crippen LogP contribution is 2.28. The van der Waals surface area contributed by atoms with Crippen molar-refractivity contribution >= 4 is 44.8 Å². The smallest absolute Gasteiger partial charge is 0.269 e. The lowest BCUT2D eigenvalue weighted by molar-refractivity contribution is 0.0937. The van der Waals surface area contributed by atoms with Crippen molar-refractivity contribution in [1.29, 1.82) is 0 Å². The number of benzene rings is 2. The average Bonchev–Trinajstić information content (AvgIpc) is 2.69. The number of hydrogen-bond donors (Lipinski definition) is 3. The first-order valence-corrected chi connectivity index (χ1v) is 11.3. The number of rotatable bonds is 6. The largest absolute Gasteiger partial charge is 0.303 e. The topological polar surface area (TPSA) is 87.3 Å². The Balaban J connectivity index is 1.74. The minimum Gasteiger partial charge on any atom is -0.303 e. The van der Waals surface area contributed by atoms with E-state index in [1.54, 1.807) is 12.1 Å². The first-order valence-electron chi connectivity index (χ1n) is 9.09. The molecule has 0 radical (unpaired) electrons. The summed E-state index contributed by atoms with van der Waals surface area (Å²) < 4.78 is 27.8. The molecule has 1 aliphatic rings. The van der Waals surface area contributed by atoms with Crippen LogP contribution < -0.4 is 15.6 Å². The number of carbonyl (C=O) groups is 1. The van der Waals surface area contributed by atoms with Gasteiger partial charge in [-0.05, 0) is 61.6 Å². The van der Waals surface area contributed by atoms with Gasteiger partial charge in [-0.3, -0.25) is 14.9 Å². The number of hydrazine groups is 1. The number of allylic oxidation sites excluding steroid dienone is 2. The van der Waals surface area contributed by atoms with Crippen LogP contribution in [0.1, 0.15) is 36.5 Å². The predicted molar refractivity (Wildman–Crippen MR) is 115 cm³/mol. The van der Waals surface area contributed by atoms with Gasteiger partial charge in [0, 0.05) is 16.3 Å². The van der Waals surface area contributed by atoms with E-state index in [0.717, 1.165) is 25.0 Å². The quantitative estimate of drug-likeness (QED) is 0.551. The van der Waals surface area contributed by atoms with Crippen LogP contribution in [0.4, 0.5) is 5.69 Å². The van der Waals surface area contributed by atoms with Crippen LogP contribution in [0.5, 0.6) is 0 Å². The Labute approximate surface area is 180 Å². The van der Waals surface area contributed by atoms with Gasteiger partial charge in [-0.25, -0.2) is 8.42 Å². The van der Waals surface area contributed by atoms with Crippen LogP contribution in [0.2, 0.25) is 10.0 Å². The monoisotopic (exact) mass is 453 g/mol. The highest BCUT2D eigenvalue weighted by Gasteiger charge is 2.18. The Hall–Kier alpha value is -2.22. The lowest BCUT2D eigenvalue weighted by atomic mass is 9.96. The summed E-state index contributed by atoms with van der Waals surface area (Å²) in [6.07, 6.45) is 5.14. The van der Waals surface area contributed by atoms with Crippen molar-refractivity contribution in [3.63, 3.8) is 0 Å². The molecule has 0 heterocycles. The van der Waals surface area contributed by atoms with E-state index in [1.807, 2.05) is 0 Å². The molecule has 0 unspecified atom stereocenters. The summed E-state index contributed by atoms with van der Waals surface area (Å²) in [6, 6.07) is 10.2. The van der Waals surface area contributed by atoms with E-state index in [9.17, 15) is 13.2 Å². The van der Waals surface area contributed by atoms with Crippen molar-refractivity contribution in [2.24, 2.45) is 5.92 Å². The molecule has 2 aromatic rings. The number of hydrogen-bond acceptors (Lipinski definition) is 4. The molecule has 2 aromatic carbocycles. The minimum absolute atomic E-state index is 0.0632. The van der Waals surface area contributed by atoms with Crippen molar-refractivity contribution in [2.45, 2.75) is 31.1 Å². The third-order valence-electron chi connectivity index (χ3n) is 4.51. The number of halogens is 2. The van der Waals surface area contributed by atoms with Crippen molar-refractivity contribution in [1.82, 2.24) is 10.9 Å². The first kappa shape index (κ1) is 21.5. The fourth-order valence-electron chi connectivity index (χ4n) is 3.02. The lowest BCUT2D eigenvalue weighted by Gasteiger charge is -2.19. The molecule has 0 bridgehead atoms. The standard InChI is InChI=1S/C20H21Cl2N3O3S/c1-13-4-2-6-16(10-13)23-24-20(26)14-5-3-7-17(11-14)29(27,28)25-19-12-15(21)8-9-18(19)22/h3,5,7-13,23,25H,2,4,6H2,1H3,(H,24,26)/t13-/m0/s1. The molecule has 3 rings (SSSR count). The first-order chi connectivity index (χ1) is 13.7. The number of carbonyl (C=O) groups excluding carboxylic acids is 1. The molecular formula is C20H21Cl2N3O3S. The maximum atomic E-state index is 12.7. The molecule has 1 atom stereocenters. The minimum atomic E-state index is -3.96. The van der Waals surface area contributed by atoms with E-state index in [4.69, 9.17) is 23.2 Å². The Morgan fingerprint density at radius 3 is 2.69 bits per heavy atom. The van der Waals surface area contributed by atoms with Crippen LogP contribution in [0.3, 0.4) is 0 Å². The number of amides is 1. The summed E-state index contributed by atoms with van der Waals surface area (Å²) in [5, 5.41) is 0.559. The molecule has 3 N–H and O–H groups in total. The van der Waals surface area contributed by atoms with Crippen LogP contribution in [0.25, 0.3) is 0 Å². The zero-order chi connectivity index (χ0) is 21.0. The molecule has 0 aliphatic heterocycles. The summed E-state index contributed by atoms with van der Waals surface area (Å²) in [7, 11) is -3.96. The van der Waals surface area contributed by atoms with Gasteiger partial charge < -0.3 is 5.43 Å². The average molecular weight is 454 g/mol. The molecule has 0 aromatic heterocycles. The normalized spacial score (nSPS) is 16.7. The van der Waals surface area contributed by atoms with Crippen molar-refractivity contribution in [3.8, 4) is 0 Å². The molecule has 0 saturated carbocycles. The zero-order valence-corrected chi connectivity index (χ0v) is 18.0. The third-order valence-corrected chi connectivity index (χ3v) is 6.43. The second kappa shape index (κ2) is 9.07. The predicted octanol–water partition coefficient (Wildman–Crippen LogP) is 4.73. The van der Waals surface area contributed by atoms with E-state index in [-0.39, 0.29) is 21.2 Å². The second-order valence-corrected chi connectivity index (χ2v) is 9.42. The molecule has 1 aliphatic carbocycles. The Bertz CT molecular complexity index is 1050. The Morgan fingerprint density at radius 2 is 1.93 bits per heavy atom. The highest BCUT2D eigenvalue weighted by atomic mass is 35.5. The van der Waals surface area contributed by atoms with E-state index in [2.05, 4.69) is 28.6 Å². The van der Waals surface area contributed by atoms with Crippen molar-refractivity contribution in [3.05, 3.63) is 69.8 Å². The second-order valence-electron chi connectivity index (χ2n) is 6.90. The zero-order valence-electron chi connectivity index (χ0n) is 15.7. The van der Waals surface area contributed by atoms with Crippen LogP contribution in [-0.4, -0.2) is 14.3 Å². The summed E-state index contributed by atoms with van der Waals surface area (Å²) >= 11 is 11.9. The van der Waals surface area contributed by atoms with Crippen LogP contribution in [-0.2, 0) is 10.0 Å². The van der Waals surface area contributed by atoms with Crippen LogP contribution in [0, 0.1) is 5.92 Å². The van der Waals surface area contributed by atoms with Gasteiger partial charge in [-0.2, -0.15) is 0 Å². The number of sulfonamides is 1. The maximum absolute atomic E-state index is 12.7. The van der Waals surface area contributed by atoms with E-state index in [0.29, 0.717) is 10.9 Å². The molecule has 29 heavy (non-hydrogen) atoms. The van der Waals surface area contributed by atoms with E-state index >= 15 is 0 Å². The van der Waals surface area contributed by atoms with Gasteiger partial charge in [0.05, 0.1) is 15.6 Å². The SMILES string of the molecule is C[C@@H]1C=C(NNC(=O)c2cccc(S(=O)(=O)Nc3cc(Cl)ccc3Cl)c2)CCC1. The van der Waals surface area contributed by atoms with Crippen molar-refractivity contribution < 1.29 is 13.2 Å². The van der Waals surface area contributed by atoms with Crippen LogP contribution >= 0.6 is 23.2 Å². The summed E-state index contributed by atoms with van der Waals surface area (Å²) in [5.41, 5.74) is 6.88. The van der Waals surface area contributed by atoms with E-state index in [1.165, 1.54) is 30.3 Å². The maximum Gasteiger partial charge on any atom is 0.269 e. The van der Waals surface area contributed by atoms with Gasteiger partial charge in [0.25, 0.3) is 15.9 Å². The fourth-order valence-corrected chi connectivity index (χ4v) is 4.53. The molecule has 1 amide bonds. The molecule has 6 nitrogen and oxygen atoms in total. The van der Waals surface area contributed by atoms with Gasteiger partial charge in [0.1, 0.15) is 0 Å². The molecule has 0 fully saturated rings. The third kappa shape index (κ3) is 5.65. The van der Waals surface area contributed by atoms with Gasteiger partial charge in [-0.1, -0.05) is 42.3 Å². The van der Waals surface area contributed by atoms with Crippen molar-refractivity contribution in [2.75, 3.05) is 4.72 Å². The lowest BCUT2D eigenvalue weighted by Crippen LogP contribution is -2.37. The Morgan fingerprint density at radius 1 is 1.14 bits per heavy atom. The highest BCUT2D eigenvalue weighted by molar-refractivity contribution is 7.92. The van der Waals surface area contributed by atoms with Gasteiger partial charge >= 0.3 is 0 Å². The molecule has 0 saturated heterocycles. The summed E-state index contributed by atoms with van der Waals surface area (Å²) in [5.74, 6) is 0.0305. The van der Waals surface area contributed by atoms with Gasteiger partial charge in [0.2, 0.25) is 0 Å². The fraction of sp³-hybridized carbons (Fsp3) is 0.250. The van der Waals surface area contributed by atoms with Gasteiger partial charge in [-0.15, -0.1) is 0 Å². The summed E-state index contributed by atoms with van der Waals surface area (Å²) in [6.45, 7) is 2.12. The Kier molecular flexibility index (Phi) is 6.72. The number of anilines is 1. The summed E-state index contributed by atoms with van der Waals surface area (Å²) in [4.78, 5) is 12.4. The van der Waals surface area contributed by atoms with E-state index < -0.39 is 15.9 Å². The molecule has 154 valence electrons. The number of nitrogens with one attached hydrogen (secondary N) is 3. The molecule has 9 heteroatoms. The van der Waals surface area contributed by atoms with Gasteiger partial charge in [0.15, 0.2) is 0 Å².